The number of alkyl carbamates (subject to hydrolysis) is 1. The lowest BCUT2D eigenvalue weighted by molar-refractivity contribution is -0.140. The molecule has 4 rings (SSSR count). The molecule has 2 aromatic rings. The molecule has 1 aliphatic carbocycles. The van der Waals surface area contributed by atoms with Crippen molar-refractivity contribution in [3.05, 3.63) is 59.7 Å². The molecule has 2 atom stereocenters. The van der Waals surface area contributed by atoms with Gasteiger partial charge in [-0.2, -0.15) is 0 Å². The number of hydrogen-bond acceptors (Lipinski definition) is 5. The Hall–Kier alpha value is -3.39. The summed E-state index contributed by atoms with van der Waals surface area (Å²) < 4.78 is 11.1. The SMILES string of the molecule is O=C(O)CNC(=O)C1CCC(CNC(=O)OCC2c3ccccc3-c3ccccc32)O1. The number of aliphatic carboxylic acids is 1. The molecule has 2 aliphatic rings. The van der Waals surface area contributed by atoms with Crippen LogP contribution in [0.2, 0.25) is 0 Å². The van der Waals surface area contributed by atoms with Gasteiger partial charge in [-0.05, 0) is 35.1 Å². The first kappa shape index (κ1) is 20.9. The summed E-state index contributed by atoms with van der Waals surface area (Å²) in [6, 6.07) is 16.2. The Bertz CT molecular complexity index is 946. The maximum absolute atomic E-state index is 12.2. The number of carboxylic acids is 1. The maximum atomic E-state index is 12.2. The lowest BCUT2D eigenvalue weighted by atomic mass is 9.98. The van der Waals surface area contributed by atoms with Gasteiger partial charge in [-0.15, -0.1) is 0 Å². The van der Waals surface area contributed by atoms with E-state index in [-0.39, 0.29) is 25.2 Å². The normalized spacial score (nSPS) is 19.4. The van der Waals surface area contributed by atoms with E-state index in [0.717, 1.165) is 11.1 Å². The number of carbonyl (C=O) groups excluding carboxylic acids is 2. The van der Waals surface area contributed by atoms with Crippen LogP contribution >= 0.6 is 0 Å². The first-order chi connectivity index (χ1) is 15.0. The van der Waals surface area contributed by atoms with Crippen molar-refractivity contribution < 1.29 is 29.0 Å². The predicted octanol–water partition coefficient (Wildman–Crippen LogP) is 2.27. The van der Waals surface area contributed by atoms with Gasteiger partial charge in [-0.25, -0.2) is 4.79 Å². The van der Waals surface area contributed by atoms with E-state index in [0.29, 0.717) is 12.8 Å². The molecular formula is C23H24N2O6. The van der Waals surface area contributed by atoms with E-state index in [9.17, 15) is 14.4 Å². The minimum Gasteiger partial charge on any atom is -0.480 e. The third-order valence-corrected chi connectivity index (χ3v) is 5.63. The molecule has 1 heterocycles. The highest BCUT2D eigenvalue weighted by Gasteiger charge is 2.32. The number of benzene rings is 2. The fraction of sp³-hybridized carbons (Fsp3) is 0.348. The molecule has 1 aliphatic heterocycles. The Morgan fingerprint density at radius 3 is 2.26 bits per heavy atom. The van der Waals surface area contributed by atoms with Gasteiger partial charge in [0.15, 0.2) is 0 Å². The zero-order valence-electron chi connectivity index (χ0n) is 16.9. The van der Waals surface area contributed by atoms with E-state index in [1.807, 2.05) is 24.3 Å². The molecule has 8 nitrogen and oxygen atoms in total. The van der Waals surface area contributed by atoms with Gasteiger partial charge in [-0.3, -0.25) is 9.59 Å². The van der Waals surface area contributed by atoms with Gasteiger partial charge in [0.1, 0.15) is 19.3 Å². The molecule has 0 radical (unpaired) electrons. The first-order valence-corrected chi connectivity index (χ1v) is 10.3. The number of amides is 2. The van der Waals surface area contributed by atoms with Crippen LogP contribution in [0.1, 0.15) is 29.9 Å². The lowest BCUT2D eigenvalue weighted by Gasteiger charge is -2.16. The number of nitrogens with one attached hydrogen (secondary N) is 2. The third-order valence-electron chi connectivity index (χ3n) is 5.63. The van der Waals surface area contributed by atoms with Gasteiger partial charge < -0.3 is 25.2 Å². The molecule has 0 bridgehead atoms. The molecule has 2 unspecified atom stereocenters. The fourth-order valence-electron chi connectivity index (χ4n) is 4.17. The third kappa shape index (κ3) is 4.69. The quantitative estimate of drug-likeness (QED) is 0.628. The van der Waals surface area contributed by atoms with Crippen molar-refractivity contribution in [2.24, 2.45) is 0 Å². The molecule has 8 heteroatoms. The van der Waals surface area contributed by atoms with E-state index in [1.54, 1.807) is 0 Å². The van der Waals surface area contributed by atoms with E-state index in [4.69, 9.17) is 14.6 Å². The Kier molecular flexibility index (Phi) is 6.18. The molecule has 31 heavy (non-hydrogen) atoms. The van der Waals surface area contributed by atoms with Crippen LogP contribution in [-0.2, 0) is 19.1 Å². The average molecular weight is 424 g/mol. The molecular weight excluding hydrogens is 400 g/mol. The van der Waals surface area contributed by atoms with Crippen LogP contribution in [0.15, 0.2) is 48.5 Å². The molecule has 0 spiro atoms. The van der Waals surface area contributed by atoms with E-state index in [2.05, 4.69) is 34.9 Å². The topological polar surface area (TPSA) is 114 Å². The number of carboxylic acid groups (broad SMARTS) is 1. The van der Waals surface area contributed by atoms with Gasteiger partial charge >= 0.3 is 12.1 Å². The highest BCUT2D eigenvalue weighted by molar-refractivity contribution is 5.84. The summed E-state index contributed by atoms with van der Waals surface area (Å²) in [7, 11) is 0. The zero-order valence-corrected chi connectivity index (χ0v) is 16.9. The van der Waals surface area contributed by atoms with Crippen molar-refractivity contribution in [2.45, 2.75) is 31.0 Å². The van der Waals surface area contributed by atoms with Crippen LogP contribution in [0.4, 0.5) is 4.79 Å². The molecule has 1 saturated heterocycles. The second-order valence-electron chi connectivity index (χ2n) is 7.64. The second-order valence-corrected chi connectivity index (χ2v) is 7.64. The van der Waals surface area contributed by atoms with Gasteiger partial charge in [-0.1, -0.05) is 48.5 Å². The monoisotopic (exact) mass is 424 g/mol. The van der Waals surface area contributed by atoms with Crippen molar-refractivity contribution in [3.8, 4) is 11.1 Å². The molecule has 0 saturated carbocycles. The standard InChI is InChI=1S/C23H24N2O6/c26-21(27)12-24-22(28)20-10-9-14(31-20)11-25-23(29)30-13-19-17-7-3-1-5-15(17)16-6-2-4-8-18(16)19/h1-8,14,19-20H,9-13H2,(H,24,28)(H,25,29)(H,26,27). The van der Waals surface area contributed by atoms with E-state index in [1.165, 1.54) is 11.1 Å². The summed E-state index contributed by atoms with van der Waals surface area (Å²) in [6.07, 6.45) is -0.490. The van der Waals surface area contributed by atoms with Gasteiger partial charge in [0.25, 0.3) is 0 Å². The van der Waals surface area contributed by atoms with Crippen LogP contribution in [0, 0.1) is 0 Å². The van der Waals surface area contributed by atoms with Crippen molar-refractivity contribution in [3.63, 3.8) is 0 Å². The fourth-order valence-corrected chi connectivity index (χ4v) is 4.17. The molecule has 2 amide bonds. The largest absolute Gasteiger partial charge is 0.480 e. The van der Waals surface area contributed by atoms with E-state index >= 15 is 0 Å². The summed E-state index contributed by atoms with van der Waals surface area (Å²) >= 11 is 0. The highest BCUT2D eigenvalue weighted by Crippen LogP contribution is 2.44. The summed E-state index contributed by atoms with van der Waals surface area (Å²) in [5.41, 5.74) is 4.62. The Morgan fingerprint density at radius 1 is 0.968 bits per heavy atom. The van der Waals surface area contributed by atoms with E-state index < -0.39 is 30.6 Å². The molecule has 2 aromatic carbocycles. The average Bonchev–Trinajstić information content (AvgIpc) is 3.38. The highest BCUT2D eigenvalue weighted by atomic mass is 16.5. The van der Waals surface area contributed by atoms with Crippen LogP contribution < -0.4 is 10.6 Å². The number of ether oxygens (including phenoxy) is 2. The van der Waals surface area contributed by atoms with Gasteiger partial charge in [0, 0.05) is 12.5 Å². The van der Waals surface area contributed by atoms with Crippen molar-refractivity contribution in [1.82, 2.24) is 10.6 Å². The Balaban J connectivity index is 1.25. The predicted molar refractivity (Wildman–Crippen MR) is 112 cm³/mol. The summed E-state index contributed by atoms with van der Waals surface area (Å²) in [5, 5.41) is 13.6. The van der Waals surface area contributed by atoms with Crippen molar-refractivity contribution >= 4 is 18.0 Å². The van der Waals surface area contributed by atoms with Crippen LogP contribution in [0.5, 0.6) is 0 Å². The number of carbonyl (C=O) groups is 3. The Labute approximate surface area is 179 Å². The van der Waals surface area contributed by atoms with Crippen molar-refractivity contribution in [2.75, 3.05) is 19.7 Å². The number of fused-ring (bicyclic) bond motifs is 3. The van der Waals surface area contributed by atoms with Crippen LogP contribution in [0.3, 0.4) is 0 Å². The summed E-state index contributed by atoms with van der Waals surface area (Å²) in [4.78, 5) is 34.6. The second kappa shape index (κ2) is 9.18. The zero-order chi connectivity index (χ0) is 21.8. The number of rotatable bonds is 7. The summed E-state index contributed by atoms with van der Waals surface area (Å²) in [5.74, 6) is -1.57. The van der Waals surface area contributed by atoms with Gasteiger partial charge in [0.2, 0.25) is 5.91 Å². The smallest absolute Gasteiger partial charge is 0.407 e. The van der Waals surface area contributed by atoms with Crippen molar-refractivity contribution in [1.29, 1.82) is 0 Å². The van der Waals surface area contributed by atoms with Gasteiger partial charge in [0.05, 0.1) is 6.10 Å². The number of hydrogen-bond donors (Lipinski definition) is 3. The molecule has 3 N–H and O–H groups in total. The van der Waals surface area contributed by atoms with Crippen LogP contribution in [-0.4, -0.2) is 55.0 Å². The lowest BCUT2D eigenvalue weighted by Crippen LogP contribution is -2.39. The minimum absolute atomic E-state index is 0.0109. The molecule has 1 fully saturated rings. The first-order valence-electron chi connectivity index (χ1n) is 10.3. The van der Waals surface area contributed by atoms with Crippen LogP contribution in [0.25, 0.3) is 11.1 Å². The maximum Gasteiger partial charge on any atom is 0.407 e. The molecule has 0 aromatic heterocycles. The minimum atomic E-state index is -1.11. The molecule has 162 valence electrons. The Morgan fingerprint density at radius 2 is 1.61 bits per heavy atom. The summed E-state index contributed by atoms with van der Waals surface area (Å²) in [6.45, 7) is 0.00630.